The molecule has 3 rings (SSSR count). The zero-order chi connectivity index (χ0) is 21.3. The van der Waals surface area contributed by atoms with Crippen LogP contribution in [-0.2, 0) is 16.6 Å². The van der Waals surface area contributed by atoms with Gasteiger partial charge in [-0.3, -0.25) is 0 Å². The monoisotopic (exact) mass is 422 g/mol. The molecular weight excluding hydrogens is 396 g/mol. The van der Waals surface area contributed by atoms with E-state index in [0.717, 1.165) is 21.0 Å². The summed E-state index contributed by atoms with van der Waals surface area (Å²) in [5.74, 6) is 1.56. The van der Waals surface area contributed by atoms with Crippen molar-refractivity contribution in [2.45, 2.75) is 18.9 Å². The summed E-state index contributed by atoms with van der Waals surface area (Å²) in [6.07, 6.45) is 1.07. The Morgan fingerprint density at radius 2 is 1.76 bits per heavy atom. The first-order chi connectivity index (χ1) is 13.7. The maximum Gasteiger partial charge on any atom is 0.279 e. The van der Waals surface area contributed by atoms with Crippen molar-refractivity contribution in [3.8, 4) is 34.1 Å². The van der Waals surface area contributed by atoms with Crippen LogP contribution in [0.25, 0.3) is 11.1 Å². The van der Waals surface area contributed by atoms with Crippen LogP contribution in [0.1, 0.15) is 23.6 Å². The van der Waals surface area contributed by atoms with Gasteiger partial charge >= 0.3 is 0 Å². The summed E-state index contributed by atoms with van der Waals surface area (Å²) in [6.45, 7) is 0. The van der Waals surface area contributed by atoms with E-state index < -0.39 is 16.3 Å². The number of fused-ring (bicyclic) bond motifs is 3. The molecule has 0 saturated carbocycles. The van der Waals surface area contributed by atoms with E-state index in [2.05, 4.69) is 4.72 Å². The van der Waals surface area contributed by atoms with Crippen LogP contribution in [0.5, 0.6) is 23.0 Å². The van der Waals surface area contributed by atoms with Crippen molar-refractivity contribution in [1.82, 2.24) is 9.03 Å². The number of phenols is 1. The van der Waals surface area contributed by atoms with Crippen molar-refractivity contribution < 1.29 is 27.7 Å². The molecule has 9 heteroatoms. The first-order valence-electron chi connectivity index (χ1n) is 9.08. The lowest BCUT2D eigenvalue weighted by Crippen LogP contribution is -2.38. The smallest absolute Gasteiger partial charge is 0.279 e. The molecule has 1 aliphatic rings. The molecule has 0 unspecified atom stereocenters. The third kappa shape index (κ3) is 3.85. The predicted molar refractivity (Wildman–Crippen MR) is 110 cm³/mol. The fraction of sp³-hybridized carbons (Fsp3) is 0.400. The van der Waals surface area contributed by atoms with Gasteiger partial charge in [0.1, 0.15) is 5.75 Å². The highest BCUT2D eigenvalue weighted by Gasteiger charge is 2.31. The number of ether oxygens (including phenoxy) is 3. The molecule has 1 aliphatic carbocycles. The van der Waals surface area contributed by atoms with Gasteiger partial charge in [-0.15, -0.1) is 0 Å². The molecule has 1 atom stereocenters. The Balaban J connectivity index is 2.26. The van der Waals surface area contributed by atoms with E-state index in [0.29, 0.717) is 35.7 Å². The fourth-order valence-corrected chi connectivity index (χ4v) is 4.44. The number of benzene rings is 2. The topological polar surface area (TPSA) is 97.3 Å². The summed E-state index contributed by atoms with van der Waals surface area (Å²) in [5.41, 5.74) is 3.17. The van der Waals surface area contributed by atoms with E-state index in [4.69, 9.17) is 14.2 Å². The number of hydrogen-bond donors (Lipinski definition) is 2. The molecule has 0 aliphatic heterocycles. The van der Waals surface area contributed by atoms with E-state index in [1.165, 1.54) is 21.2 Å². The molecule has 0 heterocycles. The molecular formula is C20H26N2O6S. The third-order valence-electron chi connectivity index (χ3n) is 5.07. The van der Waals surface area contributed by atoms with Crippen molar-refractivity contribution in [1.29, 1.82) is 0 Å². The zero-order valence-electron chi connectivity index (χ0n) is 17.1. The molecule has 0 aromatic heterocycles. The van der Waals surface area contributed by atoms with Crippen LogP contribution in [0, 0.1) is 0 Å². The zero-order valence-corrected chi connectivity index (χ0v) is 18.0. The highest BCUT2D eigenvalue weighted by molar-refractivity contribution is 7.87. The standard InChI is InChI=1S/C20H26N2O6S/c1-22(2)29(24,25)21-16-9-6-12-10-17(26-3)19(27-4)20(28-5)18(12)14-8-7-13(23)11-15(14)16/h7-8,10-11,16,21,23H,6,9H2,1-5H3/t16-/m0/s1. The van der Waals surface area contributed by atoms with Crippen LogP contribution in [-0.4, -0.2) is 53.3 Å². The van der Waals surface area contributed by atoms with Gasteiger partial charge in [-0.1, -0.05) is 6.07 Å². The molecule has 158 valence electrons. The molecule has 0 saturated heterocycles. The van der Waals surface area contributed by atoms with E-state index in [-0.39, 0.29) is 5.75 Å². The summed E-state index contributed by atoms with van der Waals surface area (Å²) < 4.78 is 45.5. The molecule has 0 spiro atoms. The van der Waals surface area contributed by atoms with Gasteiger partial charge in [-0.2, -0.15) is 17.4 Å². The van der Waals surface area contributed by atoms with Crippen molar-refractivity contribution in [3.63, 3.8) is 0 Å². The second-order valence-corrected chi connectivity index (χ2v) is 8.86. The van der Waals surface area contributed by atoms with Crippen LogP contribution in [0.15, 0.2) is 24.3 Å². The lowest BCUT2D eigenvalue weighted by molar-refractivity contribution is 0.324. The van der Waals surface area contributed by atoms with Gasteiger partial charge in [0.15, 0.2) is 11.5 Å². The summed E-state index contributed by atoms with van der Waals surface area (Å²) in [6, 6.07) is 6.28. The first kappa shape index (κ1) is 21.2. The Morgan fingerprint density at radius 3 is 2.34 bits per heavy atom. The number of aryl methyl sites for hydroxylation is 1. The second kappa shape index (κ2) is 8.10. The third-order valence-corrected chi connectivity index (χ3v) is 6.61. The van der Waals surface area contributed by atoms with E-state index in [9.17, 15) is 13.5 Å². The van der Waals surface area contributed by atoms with Crippen molar-refractivity contribution >= 4 is 10.2 Å². The van der Waals surface area contributed by atoms with E-state index >= 15 is 0 Å². The lowest BCUT2D eigenvalue weighted by atomic mass is 9.94. The predicted octanol–water partition coefficient (Wildman–Crippen LogP) is 2.47. The van der Waals surface area contributed by atoms with Gasteiger partial charge in [-0.05, 0) is 47.7 Å². The highest BCUT2D eigenvalue weighted by atomic mass is 32.2. The van der Waals surface area contributed by atoms with Crippen molar-refractivity contribution in [3.05, 3.63) is 35.4 Å². The molecule has 29 heavy (non-hydrogen) atoms. The van der Waals surface area contributed by atoms with Gasteiger partial charge < -0.3 is 19.3 Å². The Bertz CT molecular complexity index is 1020. The van der Waals surface area contributed by atoms with Gasteiger partial charge in [-0.25, -0.2) is 0 Å². The summed E-state index contributed by atoms with van der Waals surface area (Å²) in [7, 11) is 3.90. The van der Waals surface area contributed by atoms with E-state index in [1.54, 1.807) is 32.4 Å². The molecule has 0 amide bonds. The number of nitrogens with zero attached hydrogens (tertiary/aromatic N) is 1. The minimum atomic E-state index is -3.68. The Hall–Kier alpha value is -2.49. The van der Waals surface area contributed by atoms with Crippen LogP contribution in [0.2, 0.25) is 0 Å². The molecule has 0 radical (unpaired) electrons. The molecule has 2 N–H and O–H groups in total. The Morgan fingerprint density at radius 1 is 1.07 bits per heavy atom. The van der Waals surface area contributed by atoms with E-state index in [1.807, 2.05) is 6.07 Å². The minimum Gasteiger partial charge on any atom is -0.508 e. The summed E-state index contributed by atoms with van der Waals surface area (Å²) >= 11 is 0. The summed E-state index contributed by atoms with van der Waals surface area (Å²) in [5, 5.41) is 10.1. The summed E-state index contributed by atoms with van der Waals surface area (Å²) in [4.78, 5) is 0. The van der Waals surface area contributed by atoms with Gasteiger partial charge in [0.05, 0.1) is 21.3 Å². The number of phenolic OH excluding ortho intramolecular Hbond substituents is 1. The van der Waals surface area contributed by atoms with Gasteiger partial charge in [0.2, 0.25) is 5.75 Å². The number of rotatable bonds is 6. The quantitative estimate of drug-likeness (QED) is 0.742. The number of nitrogens with one attached hydrogen (secondary N) is 1. The number of methoxy groups -OCH3 is 3. The van der Waals surface area contributed by atoms with Crippen LogP contribution < -0.4 is 18.9 Å². The number of hydrogen-bond acceptors (Lipinski definition) is 6. The fourth-order valence-electron chi connectivity index (χ4n) is 3.63. The average Bonchev–Trinajstić information content (AvgIpc) is 2.83. The van der Waals surface area contributed by atoms with Crippen LogP contribution >= 0.6 is 0 Å². The molecule has 2 aromatic carbocycles. The lowest BCUT2D eigenvalue weighted by Gasteiger charge is -2.22. The van der Waals surface area contributed by atoms with Gasteiger partial charge in [0.25, 0.3) is 10.2 Å². The number of aromatic hydroxyl groups is 1. The molecule has 8 nitrogen and oxygen atoms in total. The second-order valence-electron chi connectivity index (χ2n) is 6.95. The Kier molecular flexibility index (Phi) is 5.92. The minimum absolute atomic E-state index is 0.0562. The molecule has 2 aromatic rings. The molecule has 0 fully saturated rings. The Labute approximate surface area is 171 Å². The van der Waals surface area contributed by atoms with Crippen LogP contribution in [0.3, 0.4) is 0 Å². The largest absolute Gasteiger partial charge is 0.508 e. The van der Waals surface area contributed by atoms with Crippen molar-refractivity contribution in [2.24, 2.45) is 0 Å². The maximum atomic E-state index is 12.5. The van der Waals surface area contributed by atoms with Crippen molar-refractivity contribution in [2.75, 3.05) is 35.4 Å². The molecule has 0 bridgehead atoms. The normalized spacial score (nSPS) is 16.0. The average molecular weight is 423 g/mol. The first-order valence-corrected chi connectivity index (χ1v) is 10.5. The SMILES string of the molecule is COc1cc2c(c(OC)c1OC)-c1ccc(O)cc1[C@@H](NS(=O)(=O)N(C)C)CC2. The van der Waals surface area contributed by atoms with Crippen LogP contribution in [0.4, 0.5) is 0 Å². The highest BCUT2D eigenvalue weighted by Crippen LogP contribution is 2.50. The van der Waals surface area contributed by atoms with Gasteiger partial charge in [0, 0.05) is 25.7 Å². The maximum absolute atomic E-state index is 12.5.